The highest BCUT2D eigenvalue weighted by atomic mass is 16.5. The molecule has 2 rings (SSSR count). The summed E-state index contributed by atoms with van der Waals surface area (Å²) in [6.07, 6.45) is 2.88. The van der Waals surface area contributed by atoms with E-state index < -0.39 is 5.97 Å². The maximum absolute atomic E-state index is 12.3. The molecular formula is C18H21N2O3+. The summed E-state index contributed by atoms with van der Waals surface area (Å²) in [5, 5.41) is 2.78. The molecule has 0 aliphatic heterocycles. The molecule has 5 nitrogen and oxygen atoms in total. The van der Waals surface area contributed by atoms with Crippen LogP contribution in [0.5, 0.6) is 0 Å². The number of nitrogens with zero attached hydrogens (tertiary/aromatic N) is 1. The quantitative estimate of drug-likeness (QED) is 0.680. The fourth-order valence-corrected chi connectivity index (χ4v) is 2.27. The van der Waals surface area contributed by atoms with Crippen molar-refractivity contribution >= 4 is 17.6 Å². The lowest BCUT2D eigenvalue weighted by Gasteiger charge is -2.09. The predicted octanol–water partition coefficient (Wildman–Crippen LogP) is 2.27. The van der Waals surface area contributed by atoms with Gasteiger partial charge in [0.15, 0.2) is 11.9 Å². The maximum Gasteiger partial charge on any atom is 0.339 e. The SMILES string of the molecule is CCc1ccc(C)[n+](CC(=O)Nc2ccccc2C(=O)OC)c1. The average Bonchev–Trinajstić information content (AvgIpc) is 2.56. The number of pyridine rings is 1. The zero-order chi connectivity index (χ0) is 16.8. The van der Waals surface area contributed by atoms with Crippen LogP contribution in [-0.4, -0.2) is 19.0 Å². The van der Waals surface area contributed by atoms with E-state index in [1.54, 1.807) is 24.3 Å². The second-order valence-electron chi connectivity index (χ2n) is 5.25. The number of carbonyl (C=O) groups excluding carboxylic acids is 2. The Bertz CT molecular complexity index is 726. The van der Waals surface area contributed by atoms with Crippen LogP contribution < -0.4 is 9.88 Å². The molecule has 0 radical (unpaired) electrons. The second-order valence-corrected chi connectivity index (χ2v) is 5.25. The van der Waals surface area contributed by atoms with Crippen LogP contribution in [0.3, 0.4) is 0 Å². The Morgan fingerprint density at radius 2 is 1.91 bits per heavy atom. The summed E-state index contributed by atoms with van der Waals surface area (Å²) >= 11 is 0. The van der Waals surface area contributed by atoms with Gasteiger partial charge in [-0.15, -0.1) is 0 Å². The Labute approximate surface area is 135 Å². The fourth-order valence-electron chi connectivity index (χ4n) is 2.27. The number of anilines is 1. The number of methoxy groups -OCH3 is 1. The standard InChI is InChI=1S/C18H20N2O3/c1-4-14-10-9-13(2)20(11-14)12-17(21)19-16-8-6-5-7-15(16)18(22)23-3/h5-11H,4,12H2,1-3H3/p+1. The van der Waals surface area contributed by atoms with Gasteiger partial charge in [-0.1, -0.05) is 19.1 Å². The molecule has 1 aromatic heterocycles. The molecule has 0 spiro atoms. The second kappa shape index (κ2) is 7.54. The molecule has 1 aromatic carbocycles. The van der Waals surface area contributed by atoms with Gasteiger partial charge in [-0.25, -0.2) is 4.79 Å². The normalized spacial score (nSPS) is 10.2. The lowest BCUT2D eigenvalue weighted by atomic mass is 10.1. The van der Waals surface area contributed by atoms with Gasteiger partial charge in [0.05, 0.1) is 18.4 Å². The number of ether oxygens (including phenoxy) is 1. The van der Waals surface area contributed by atoms with E-state index in [4.69, 9.17) is 4.74 Å². The summed E-state index contributed by atoms with van der Waals surface area (Å²) in [7, 11) is 1.32. The number of nitrogens with one attached hydrogen (secondary N) is 1. The third-order valence-electron chi connectivity index (χ3n) is 3.64. The van der Waals surface area contributed by atoms with Gasteiger partial charge < -0.3 is 10.1 Å². The summed E-state index contributed by atoms with van der Waals surface area (Å²) in [6, 6.07) is 10.8. The molecule has 0 aliphatic carbocycles. The molecule has 2 aromatic rings. The number of carbonyl (C=O) groups is 2. The first-order valence-electron chi connectivity index (χ1n) is 7.51. The minimum Gasteiger partial charge on any atom is -0.465 e. The third-order valence-corrected chi connectivity index (χ3v) is 3.64. The van der Waals surface area contributed by atoms with Crippen molar-refractivity contribution in [1.82, 2.24) is 0 Å². The lowest BCUT2D eigenvalue weighted by molar-refractivity contribution is -0.690. The van der Waals surface area contributed by atoms with Crippen LogP contribution in [0.2, 0.25) is 0 Å². The molecule has 120 valence electrons. The summed E-state index contributed by atoms with van der Waals surface area (Å²) in [5.74, 6) is -0.666. The number of aromatic nitrogens is 1. The van der Waals surface area contributed by atoms with E-state index in [1.165, 1.54) is 12.7 Å². The van der Waals surface area contributed by atoms with Gasteiger partial charge in [-0.3, -0.25) is 4.79 Å². The first-order chi connectivity index (χ1) is 11.0. The lowest BCUT2D eigenvalue weighted by Crippen LogP contribution is -2.43. The first-order valence-corrected chi connectivity index (χ1v) is 7.51. The number of aryl methyl sites for hydroxylation is 2. The molecule has 1 amide bonds. The minimum absolute atomic E-state index is 0.190. The van der Waals surface area contributed by atoms with Gasteiger partial charge in [0.2, 0.25) is 6.54 Å². The molecule has 0 fully saturated rings. The molecule has 5 heteroatoms. The number of amides is 1. The van der Waals surface area contributed by atoms with Crippen molar-refractivity contribution in [1.29, 1.82) is 0 Å². The van der Waals surface area contributed by atoms with Crippen LogP contribution in [0, 0.1) is 6.92 Å². The van der Waals surface area contributed by atoms with Crippen LogP contribution in [0.1, 0.15) is 28.5 Å². The Hall–Kier alpha value is -2.69. The molecule has 0 saturated carbocycles. The molecule has 0 bridgehead atoms. The molecule has 1 heterocycles. The van der Waals surface area contributed by atoms with Crippen molar-refractivity contribution in [3.63, 3.8) is 0 Å². The Morgan fingerprint density at radius 1 is 1.17 bits per heavy atom. The van der Waals surface area contributed by atoms with E-state index in [0.29, 0.717) is 11.3 Å². The number of para-hydroxylation sites is 1. The number of hydrogen-bond acceptors (Lipinski definition) is 3. The fraction of sp³-hybridized carbons (Fsp3) is 0.278. The summed E-state index contributed by atoms with van der Waals surface area (Å²) in [4.78, 5) is 24.0. The van der Waals surface area contributed by atoms with Gasteiger partial charge in [-0.2, -0.15) is 4.57 Å². The van der Waals surface area contributed by atoms with Gasteiger partial charge in [0.25, 0.3) is 5.91 Å². The monoisotopic (exact) mass is 313 g/mol. The van der Waals surface area contributed by atoms with E-state index in [2.05, 4.69) is 18.3 Å². The number of hydrogen-bond donors (Lipinski definition) is 1. The van der Waals surface area contributed by atoms with E-state index in [1.807, 2.05) is 23.8 Å². The largest absolute Gasteiger partial charge is 0.465 e. The van der Waals surface area contributed by atoms with Gasteiger partial charge in [0.1, 0.15) is 0 Å². The Morgan fingerprint density at radius 3 is 2.61 bits per heavy atom. The summed E-state index contributed by atoms with van der Waals surface area (Å²) < 4.78 is 6.63. The number of rotatable bonds is 5. The molecule has 1 N–H and O–H groups in total. The highest BCUT2D eigenvalue weighted by Gasteiger charge is 2.17. The van der Waals surface area contributed by atoms with Crippen molar-refractivity contribution in [3.05, 3.63) is 59.4 Å². The van der Waals surface area contributed by atoms with Crippen molar-refractivity contribution < 1.29 is 18.9 Å². The predicted molar refractivity (Wildman–Crippen MR) is 87.2 cm³/mol. The van der Waals surface area contributed by atoms with Crippen molar-refractivity contribution in [2.45, 2.75) is 26.8 Å². The summed E-state index contributed by atoms with van der Waals surface area (Å²) in [5.41, 5.74) is 2.96. The average molecular weight is 313 g/mol. The van der Waals surface area contributed by atoms with Crippen molar-refractivity contribution in [3.8, 4) is 0 Å². The van der Waals surface area contributed by atoms with Crippen LogP contribution in [0.15, 0.2) is 42.6 Å². The highest BCUT2D eigenvalue weighted by Crippen LogP contribution is 2.15. The van der Waals surface area contributed by atoms with E-state index >= 15 is 0 Å². The topological polar surface area (TPSA) is 59.3 Å². The zero-order valence-corrected chi connectivity index (χ0v) is 13.6. The van der Waals surface area contributed by atoms with Gasteiger partial charge in [-0.05, 0) is 24.6 Å². The first kappa shape index (κ1) is 16.7. The van der Waals surface area contributed by atoms with Gasteiger partial charge >= 0.3 is 5.97 Å². The molecule has 0 atom stereocenters. The van der Waals surface area contributed by atoms with E-state index in [9.17, 15) is 9.59 Å². The van der Waals surface area contributed by atoms with Crippen LogP contribution >= 0.6 is 0 Å². The molecule has 23 heavy (non-hydrogen) atoms. The molecule has 0 unspecified atom stereocenters. The zero-order valence-electron chi connectivity index (χ0n) is 13.6. The minimum atomic E-state index is -0.474. The van der Waals surface area contributed by atoms with Gasteiger partial charge in [0, 0.05) is 18.6 Å². The number of esters is 1. The highest BCUT2D eigenvalue weighted by molar-refractivity contribution is 6.00. The molecule has 0 saturated heterocycles. The van der Waals surface area contributed by atoms with Crippen LogP contribution in [0.25, 0.3) is 0 Å². The Balaban J connectivity index is 2.16. The van der Waals surface area contributed by atoms with Crippen LogP contribution in [-0.2, 0) is 22.5 Å². The smallest absolute Gasteiger partial charge is 0.339 e. The van der Waals surface area contributed by atoms with Crippen molar-refractivity contribution in [2.75, 3.05) is 12.4 Å². The Kier molecular flexibility index (Phi) is 5.46. The maximum atomic E-state index is 12.3. The third kappa shape index (κ3) is 4.16. The molecular weight excluding hydrogens is 292 g/mol. The van der Waals surface area contributed by atoms with E-state index in [-0.39, 0.29) is 12.5 Å². The van der Waals surface area contributed by atoms with Crippen LogP contribution in [0.4, 0.5) is 5.69 Å². The van der Waals surface area contributed by atoms with Crippen molar-refractivity contribution in [2.24, 2.45) is 0 Å². The summed E-state index contributed by atoms with van der Waals surface area (Å²) in [6.45, 7) is 4.21. The number of benzene rings is 1. The van der Waals surface area contributed by atoms with E-state index in [0.717, 1.165) is 12.1 Å². The molecule has 0 aliphatic rings.